The minimum absolute atomic E-state index is 0.0379. The van der Waals surface area contributed by atoms with E-state index in [0.29, 0.717) is 31.7 Å². The Morgan fingerprint density at radius 2 is 1.68 bits per heavy atom. The molecular weight excluding hydrogens is 344 g/mol. The van der Waals surface area contributed by atoms with Crippen molar-refractivity contribution in [3.05, 3.63) is 34.3 Å². The molecular formula is C17H23BrN2O2. The highest BCUT2D eigenvalue weighted by molar-refractivity contribution is 9.10. The summed E-state index contributed by atoms with van der Waals surface area (Å²) >= 11 is 3.39. The first-order chi connectivity index (χ1) is 10.6. The Balaban J connectivity index is 1.94. The van der Waals surface area contributed by atoms with E-state index in [1.807, 2.05) is 34.1 Å². The van der Waals surface area contributed by atoms with Crippen LogP contribution in [0.5, 0.6) is 0 Å². The smallest absolute Gasteiger partial charge is 0.254 e. The van der Waals surface area contributed by atoms with Gasteiger partial charge in [-0.25, -0.2) is 0 Å². The number of hydrogen-bond donors (Lipinski definition) is 0. The van der Waals surface area contributed by atoms with Crippen molar-refractivity contribution in [2.75, 3.05) is 26.2 Å². The molecule has 0 bridgehead atoms. The van der Waals surface area contributed by atoms with E-state index in [9.17, 15) is 9.59 Å². The molecule has 4 nitrogen and oxygen atoms in total. The van der Waals surface area contributed by atoms with Crippen LogP contribution in [0.4, 0.5) is 0 Å². The van der Waals surface area contributed by atoms with Crippen LogP contribution in [0.3, 0.4) is 0 Å². The summed E-state index contributed by atoms with van der Waals surface area (Å²) in [4.78, 5) is 28.6. The molecule has 0 saturated carbocycles. The SMILES string of the molecule is CCC(CC)C(=O)N1CCN(C(=O)c2cccc(Br)c2)CC1. The molecule has 22 heavy (non-hydrogen) atoms. The molecule has 0 aromatic heterocycles. The van der Waals surface area contributed by atoms with Gasteiger partial charge in [0.25, 0.3) is 5.91 Å². The van der Waals surface area contributed by atoms with E-state index in [0.717, 1.165) is 17.3 Å². The number of rotatable bonds is 4. The third kappa shape index (κ3) is 3.88. The van der Waals surface area contributed by atoms with E-state index < -0.39 is 0 Å². The fourth-order valence-corrected chi connectivity index (χ4v) is 3.23. The second kappa shape index (κ2) is 7.77. The van der Waals surface area contributed by atoms with Crippen LogP contribution in [0, 0.1) is 5.92 Å². The Kier molecular flexibility index (Phi) is 6.00. The van der Waals surface area contributed by atoms with E-state index >= 15 is 0 Å². The van der Waals surface area contributed by atoms with Crippen molar-refractivity contribution in [1.29, 1.82) is 0 Å². The maximum absolute atomic E-state index is 12.5. The van der Waals surface area contributed by atoms with Gasteiger partial charge in [-0.2, -0.15) is 0 Å². The van der Waals surface area contributed by atoms with E-state index in [1.54, 1.807) is 0 Å². The zero-order valence-electron chi connectivity index (χ0n) is 13.2. The number of hydrogen-bond acceptors (Lipinski definition) is 2. The zero-order valence-corrected chi connectivity index (χ0v) is 14.8. The number of carbonyl (C=O) groups excluding carboxylic acids is 2. The lowest BCUT2D eigenvalue weighted by Gasteiger charge is -2.36. The van der Waals surface area contributed by atoms with Crippen molar-refractivity contribution in [3.8, 4) is 0 Å². The summed E-state index contributed by atoms with van der Waals surface area (Å²) in [6.45, 7) is 6.59. The lowest BCUT2D eigenvalue weighted by molar-refractivity contribution is -0.137. The number of piperazine rings is 1. The van der Waals surface area contributed by atoms with E-state index in [-0.39, 0.29) is 17.7 Å². The highest BCUT2D eigenvalue weighted by Crippen LogP contribution is 2.17. The maximum atomic E-state index is 12.5. The fraction of sp³-hybridized carbons (Fsp3) is 0.529. The van der Waals surface area contributed by atoms with Gasteiger partial charge >= 0.3 is 0 Å². The number of carbonyl (C=O) groups is 2. The molecule has 5 heteroatoms. The monoisotopic (exact) mass is 366 g/mol. The Morgan fingerprint density at radius 1 is 1.09 bits per heavy atom. The first kappa shape index (κ1) is 17.0. The molecule has 1 aliphatic heterocycles. The van der Waals surface area contributed by atoms with Crippen LogP contribution in [0.1, 0.15) is 37.0 Å². The molecule has 0 unspecified atom stereocenters. The van der Waals surface area contributed by atoms with Crippen molar-refractivity contribution < 1.29 is 9.59 Å². The quantitative estimate of drug-likeness (QED) is 0.820. The van der Waals surface area contributed by atoms with Gasteiger partial charge in [0.05, 0.1) is 0 Å². The summed E-state index contributed by atoms with van der Waals surface area (Å²) in [6, 6.07) is 7.44. The molecule has 2 rings (SSSR count). The van der Waals surface area contributed by atoms with Gasteiger partial charge in [0.2, 0.25) is 5.91 Å². The lowest BCUT2D eigenvalue weighted by Crippen LogP contribution is -2.51. The molecule has 1 heterocycles. The highest BCUT2D eigenvalue weighted by Gasteiger charge is 2.27. The van der Waals surface area contributed by atoms with Crippen LogP contribution in [-0.2, 0) is 4.79 Å². The molecule has 1 aromatic rings. The summed E-state index contributed by atoms with van der Waals surface area (Å²) in [5.74, 6) is 0.391. The number of benzene rings is 1. The van der Waals surface area contributed by atoms with Gasteiger partial charge in [0, 0.05) is 42.1 Å². The van der Waals surface area contributed by atoms with Gasteiger partial charge in [-0.15, -0.1) is 0 Å². The zero-order chi connectivity index (χ0) is 16.1. The van der Waals surface area contributed by atoms with Crippen molar-refractivity contribution >= 4 is 27.7 Å². The second-order valence-electron chi connectivity index (χ2n) is 5.64. The second-order valence-corrected chi connectivity index (χ2v) is 6.56. The molecule has 0 atom stereocenters. The van der Waals surface area contributed by atoms with Gasteiger partial charge < -0.3 is 9.80 Å². The summed E-state index contributed by atoms with van der Waals surface area (Å²) in [5.41, 5.74) is 0.689. The number of halogens is 1. The van der Waals surface area contributed by atoms with E-state index in [2.05, 4.69) is 29.8 Å². The Hall–Kier alpha value is -1.36. The van der Waals surface area contributed by atoms with Gasteiger partial charge in [-0.05, 0) is 31.0 Å². The van der Waals surface area contributed by atoms with Crippen molar-refractivity contribution in [3.63, 3.8) is 0 Å². The van der Waals surface area contributed by atoms with E-state index in [1.165, 1.54) is 0 Å². The van der Waals surface area contributed by atoms with Gasteiger partial charge in [0.1, 0.15) is 0 Å². The highest BCUT2D eigenvalue weighted by atomic mass is 79.9. The molecule has 1 aromatic carbocycles. The summed E-state index contributed by atoms with van der Waals surface area (Å²) < 4.78 is 0.904. The normalized spacial score (nSPS) is 15.3. The minimum Gasteiger partial charge on any atom is -0.339 e. The van der Waals surface area contributed by atoms with Crippen LogP contribution < -0.4 is 0 Å². The summed E-state index contributed by atoms with van der Waals surface area (Å²) in [7, 11) is 0. The summed E-state index contributed by atoms with van der Waals surface area (Å²) in [5, 5.41) is 0. The molecule has 0 spiro atoms. The Morgan fingerprint density at radius 3 is 2.23 bits per heavy atom. The largest absolute Gasteiger partial charge is 0.339 e. The molecule has 0 radical (unpaired) electrons. The van der Waals surface area contributed by atoms with Crippen molar-refractivity contribution in [2.24, 2.45) is 5.92 Å². The van der Waals surface area contributed by atoms with Gasteiger partial charge in [-0.3, -0.25) is 9.59 Å². The van der Waals surface area contributed by atoms with Crippen LogP contribution >= 0.6 is 15.9 Å². The summed E-state index contributed by atoms with van der Waals surface area (Å²) in [6.07, 6.45) is 1.76. The van der Waals surface area contributed by atoms with Crippen LogP contribution in [0.2, 0.25) is 0 Å². The predicted octanol–water partition coefficient (Wildman–Crippen LogP) is 3.17. The topological polar surface area (TPSA) is 40.6 Å². The van der Waals surface area contributed by atoms with Gasteiger partial charge in [-0.1, -0.05) is 35.8 Å². The predicted molar refractivity (Wildman–Crippen MR) is 90.7 cm³/mol. The van der Waals surface area contributed by atoms with Crippen molar-refractivity contribution in [2.45, 2.75) is 26.7 Å². The average molecular weight is 367 g/mol. The minimum atomic E-state index is 0.0379. The molecule has 0 aliphatic carbocycles. The number of amides is 2. The lowest BCUT2D eigenvalue weighted by atomic mass is 10.0. The van der Waals surface area contributed by atoms with Crippen LogP contribution in [0.15, 0.2) is 28.7 Å². The fourth-order valence-electron chi connectivity index (χ4n) is 2.83. The maximum Gasteiger partial charge on any atom is 0.254 e. The van der Waals surface area contributed by atoms with Gasteiger partial charge in [0.15, 0.2) is 0 Å². The molecule has 0 N–H and O–H groups in total. The Bertz CT molecular complexity index is 535. The van der Waals surface area contributed by atoms with Crippen LogP contribution in [-0.4, -0.2) is 47.8 Å². The first-order valence-corrected chi connectivity index (χ1v) is 8.69. The molecule has 2 amide bonds. The van der Waals surface area contributed by atoms with Crippen LogP contribution in [0.25, 0.3) is 0 Å². The standard InChI is InChI=1S/C17H23BrN2O2/c1-3-13(4-2)16(21)19-8-10-20(11-9-19)17(22)14-6-5-7-15(18)12-14/h5-7,12-13H,3-4,8-11H2,1-2H3. The van der Waals surface area contributed by atoms with Crippen molar-refractivity contribution in [1.82, 2.24) is 9.80 Å². The molecule has 120 valence electrons. The molecule has 1 saturated heterocycles. The molecule has 1 aliphatic rings. The first-order valence-electron chi connectivity index (χ1n) is 7.90. The Labute approximate surface area is 140 Å². The number of nitrogens with zero attached hydrogens (tertiary/aromatic N) is 2. The average Bonchev–Trinajstić information content (AvgIpc) is 2.55. The van der Waals surface area contributed by atoms with E-state index in [4.69, 9.17) is 0 Å². The molecule has 1 fully saturated rings. The third-order valence-electron chi connectivity index (χ3n) is 4.28. The third-order valence-corrected chi connectivity index (χ3v) is 4.78.